The van der Waals surface area contributed by atoms with Gasteiger partial charge in [0.05, 0.1) is 0 Å². The number of hydrogen-bond donors (Lipinski definition) is 1. The molecule has 3 atom stereocenters. The first-order valence-electron chi connectivity index (χ1n) is 8.38. The summed E-state index contributed by atoms with van der Waals surface area (Å²) in [6.45, 7) is 9.48. The Labute approximate surface area is 139 Å². The summed E-state index contributed by atoms with van der Waals surface area (Å²) < 4.78 is 1.17. The average molecular weight is 352 g/mol. The summed E-state index contributed by atoms with van der Waals surface area (Å²) >= 11 is 3.57. The third-order valence-corrected chi connectivity index (χ3v) is 5.52. The Morgan fingerprint density at radius 2 is 1.90 bits per heavy atom. The van der Waals surface area contributed by atoms with Crippen LogP contribution in [0.25, 0.3) is 0 Å². The highest BCUT2D eigenvalue weighted by molar-refractivity contribution is 9.10. The largest absolute Gasteiger partial charge is 0.307 e. The van der Waals surface area contributed by atoms with E-state index < -0.39 is 0 Å². The molecule has 0 bridgehead atoms. The zero-order chi connectivity index (χ0) is 15.5. The smallest absolute Gasteiger partial charge is 0.0294 e. The maximum Gasteiger partial charge on any atom is 0.0294 e. The van der Waals surface area contributed by atoms with Crippen LogP contribution in [0.3, 0.4) is 0 Å². The number of hydrogen-bond acceptors (Lipinski definition) is 1. The van der Waals surface area contributed by atoms with Crippen molar-refractivity contribution in [2.45, 2.75) is 71.9 Å². The molecule has 0 aromatic heterocycles. The molecule has 1 aromatic carbocycles. The van der Waals surface area contributed by atoms with Gasteiger partial charge in [-0.2, -0.15) is 0 Å². The van der Waals surface area contributed by atoms with Gasteiger partial charge in [0.25, 0.3) is 0 Å². The summed E-state index contributed by atoms with van der Waals surface area (Å²) in [7, 11) is 0. The van der Waals surface area contributed by atoms with E-state index in [2.05, 4.69) is 73.2 Å². The molecule has 1 aromatic rings. The van der Waals surface area contributed by atoms with E-state index in [0.717, 1.165) is 5.92 Å². The van der Waals surface area contributed by atoms with Crippen LogP contribution in [0.5, 0.6) is 0 Å². The first kappa shape index (κ1) is 17.0. The van der Waals surface area contributed by atoms with Crippen LogP contribution in [0.2, 0.25) is 0 Å². The zero-order valence-electron chi connectivity index (χ0n) is 14.0. The Morgan fingerprint density at radius 1 is 1.14 bits per heavy atom. The van der Waals surface area contributed by atoms with Gasteiger partial charge in [-0.25, -0.2) is 0 Å². The summed E-state index contributed by atoms with van der Waals surface area (Å²) in [5.74, 6) is 0.880. The second-order valence-corrected chi connectivity index (χ2v) is 8.63. The molecule has 2 rings (SSSR count). The molecule has 1 saturated carbocycles. The predicted octanol–water partition coefficient (Wildman–Crippen LogP) is 6.09. The predicted molar refractivity (Wildman–Crippen MR) is 95.5 cm³/mol. The fourth-order valence-electron chi connectivity index (χ4n) is 3.56. The summed E-state index contributed by atoms with van der Waals surface area (Å²) in [5.41, 5.74) is 1.84. The molecule has 0 spiro atoms. The van der Waals surface area contributed by atoms with Gasteiger partial charge in [0.1, 0.15) is 0 Å². The molecule has 1 N–H and O–H groups in total. The van der Waals surface area contributed by atoms with Crippen LogP contribution in [0.1, 0.15) is 71.4 Å². The van der Waals surface area contributed by atoms with Gasteiger partial charge in [0.2, 0.25) is 0 Å². The molecule has 3 unspecified atom stereocenters. The quantitative estimate of drug-likeness (QED) is 0.649. The van der Waals surface area contributed by atoms with Gasteiger partial charge in [-0.05, 0) is 61.6 Å². The SMILES string of the molecule is CC(NC1CCCC(C(C)(C)C)CC1)c1cccc(Br)c1. The van der Waals surface area contributed by atoms with E-state index in [4.69, 9.17) is 0 Å². The molecule has 0 radical (unpaired) electrons. The molecule has 118 valence electrons. The van der Waals surface area contributed by atoms with E-state index >= 15 is 0 Å². The first-order valence-corrected chi connectivity index (χ1v) is 9.17. The monoisotopic (exact) mass is 351 g/mol. The first-order chi connectivity index (χ1) is 9.86. The molecular weight excluding hydrogens is 322 g/mol. The van der Waals surface area contributed by atoms with Gasteiger partial charge in [0, 0.05) is 16.6 Å². The highest BCUT2D eigenvalue weighted by Gasteiger charge is 2.28. The lowest BCUT2D eigenvalue weighted by molar-refractivity contribution is 0.213. The Balaban J connectivity index is 1.91. The minimum atomic E-state index is 0.429. The Kier molecular flexibility index (Phi) is 5.90. The molecule has 2 heteroatoms. The van der Waals surface area contributed by atoms with E-state index in [9.17, 15) is 0 Å². The van der Waals surface area contributed by atoms with Crippen molar-refractivity contribution in [3.05, 3.63) is 34.3 Å². The van der Waals surface area contributed by atoms with Crippen LogP contribution in [-0.2, 0) is 0 Å². The molecule has 0 aliphatic heterocycles. The summed E-state index contributed by atoms with van der Waals surface area (Å²) in [6, 6.07) is 9.77. The number of rotatable bonds is 3. The van der Waals surface area contributed by atoms with Crippen LogP contribution in [0.4, 0.5) is 0 Å². The lowest BCUT2D eigenvalue weighted by Gasteiger charge is -2.30. The third-order valence-electron chi connectivity index (χ3n) is 5.03. The summed E-state index contributed by atoms with van der Waals surface area (Å²) in [6.07, 6.45) is 6.77. The van der Waals surface area contributed by atoms with Gasteiger partial charge >= 0.3 is 0 Å². The van der Waals surface area contributed by atoms with E-state index in [-0.39, 0.29) is 0 Å². The highest BCUT2D eigenvalue weighted by atomic mass is 79.9. The molecule has 0 amide bonds. The van der Waals surface area contributed by atoms with Crippen molar-refractivity contribution in [1.29, 1.82) is 0 Å². The standard InChI is InChI=1S/C19H30BrN/c1-14(15-7-5-9-17(20)13-15)21-18-10-6-8-16(11-12-18)19(2,3)4/h5,7,9,13-14,16,18,21H,6,8,10-12H2,1-4H3. The lowest BCUT2D eigenvalue weighted by atomic mass is 9.76. The van der Waals surface area contributed by atoms with Crippen molar-refractivity contribution in [3.8, 4) is 0 Å². The maximum atomic E-state index is 3.85. The zero-order valence-corrected chi connectivity index (χ0v) is 15.5. The van der Waals surface area contributed by atoms with Crippen molar-refractivity contribution in [2.24, 2.45) is 11.3 Å². The van der Waals surface area contributed by atoms with E-state index in [1.165, 1.54) is 42.1 Å². The van der Waals surface area contributed by atoms with Gasteiger partial charge in [-0.15, -0.1) is 0 Å². The second kappa shape index (κ2) is 7.28. The van der Waals surface area contributed by atoms with Gasteiger partial charge in [-0.1, -0.05) is 55.3 Å². The molecule has 1 aliphatic rings. The highest BCUT2D eigenvalue weighted by Crippen LogP contribution is 2.37. The Hall–Kier alpha value is -0.340. The summed E-state index contributed by atoms with van der Waals surface area (Å²) in [4.78, 5) is 0. The van der Waals surface area contributed by atoms with Crippen molar-refractivity contribution in [1.82, 2.24) is 5.32 Å². The van der Waals surface area contributed by atoms with Gasteiger partial charge in [0.15, 0.2) is 0 Å². The molecule has 1 fully saturated rings. The Morgan fingerprint density at radius 3 is 2.57 bits per heavy atom. The van der Waals surface area contributed by atoms with Crippen molar-refractivity contribution in [2.75, 3.05) is 0 Å². The van der Waals surface area contributed by atoms with Crippen molar-refractivity contribution in [3.63, 3.8) is 0 Å². The molecular formula is C19H30BrN. The minimum absolute atomic E-state index is 0.429. The van der Waals surface area contributed by atoms with E-state index in [1.807, 2.05) is 0 Å². The van der Waals surface area contributed by atoms with Crippen LogP contribution < -0.4 is 5.32 Å². The van der Waals surface area contributed by atoms with Crippen molar-refractivity contribution < 1.29 is 0 Å². The molecule has 0 saturated heterocycles. The van der Waals surface area contributed by atoms with E-state index in [0.29, 0.717) is 17.5 Å². The number of halogens is 1. The molecule has 0 heterocycles. The second-order valence-electron chi connectivity index (χ2n) is 7.71. The number of nitrogens with one attached hydrogen (secondary N) is 1. The lowest BCUT2D eigenvalue weighted by Crippen LogP contribution is -2.31. The van der Waals surface area contributed by atoms with E-state index in [1.54, 1.807) is 0 Å². The van der Waals surface area contributed by atoms with Crippen LogP contribution in [0.15, 0.2) is 28.7 Å². The third kappa shape index (κ3) is 5.10. The Bertz CT molecular complexity index is 449. The van der Waals surface area contributed by atoms with Gasteiger partial charge < -0.3 is 5.32 Å². The minimum Gasteiger partial charge on any atom is -0.307 e. The van der Waals surface area contributed by atoms with Gasteiger partial charge in [-0.3, -0.25) is 0 Å². The fourth-order valence-corrected chi connectivity index (χ4v) is 3.98. The molecule has 1 nitrogen and oxygen atoms in total. The topological polar surface area (TPSA) is 12.0 Å². The van der Waals surface area contributed by atoms with Crippen LogP contribution in [0, 0.1) is 11.3 Å². The van der Waals surface area contributed by atoms with Crippen molar-refractivity contribution >= 4 is 15.9 Å². The van der Waals surface area contributed by atoms with Crippen LogP contribution in [-0.4, -0.2) is 6.04 Å². The summed E-state index contributed by atoms with van der Waals surface area (Å²) in [5, 5.41) is 3.85. The molecule has 21 heavy (non-hydrogen) atoms. The molecule has 1 aliphatic carbocycles. The maximum absolute atomic E-state index is 3.85. The number of benzene rings is 1. The normalized spacial score (nSPS) is 25.4. The average Bonchev–Trinajstić information content (AvgIpc) is 2.64. The fraction of sp³-hybridized carbons (Fsp3) is 0.684. The van der Waals surface area contributed by atoms with Crippen LogP contribution >= 0.6 is 15.9 Å².